The second-order valence-corrected chi connectivity index (χ2v) is 5.23. The summed E-state index contributed by atoms with van der Waals surface area (Å²) in [5.41, 5.74) is 2.69. The van der Waals surface area contributed by atoms with E-state index in [1.807, 2.05) is 0 Å². The summed E-state index contributed by atoms with van der Waals surface area (Å²) in [6, 6.07) is 19.1. The van der Waals surface area contributed by atoms with E-state index in [4.69, 9.17) is 0 Å². The molecule has 16 heavy (non-hydrogen) atoms. The Kier molecular flexibility index (Phi) is 4.19. The van der Waals surface area contributed by atoms with Gasteiger partial charge in [-0.05, 0) is 23.3 Å². The number of rotatable bonds is 3. The van der Waals surface area contributed by atoms with E-state index in [1.54, 1.807) is 0 Å². The number of alkyl halides is 1. The molecule has 0 saturated carbocycles. The molecule has 1 atom stereocenters. The Labute approximate surface area is 113 Å². The molecule has 0 aromatic heterocycles. The molecule has 2 heteroatoms. The lowest BCUT2D eigenvalue weighted by atomic mass is 9.93. The predicted molar refractivity (Wildman–Crippen MR) is 76.2 cm³/mol. The quantitative estimate of drug-likeness (QED) is 0.692. The lowest BCUT2D eigenvalue weighted by Crippen LogP contribution is -2.01. The molecule has 2 aromatic rings. The second kappa shape index (κ2) is 5.65. The summed E-state index contributed by atoms with van der Waals surface area (Å²) in [6.07, 6.45) is 0. The van der Waals surface area contributed by atoms with Crippen molar-refractivity contribution in [1.29, 1.82) is 0 Å². The molecule has 0 aliphatic carbocycles. The number of benzene rings is 2. The summed E-state index contributed by atoms with van der Waals surface area (Å²) in [5, 5.41) is 0.943. The Morgan fingerprint density at radius 1 is 0.812 bits per heavy atom. The molecule has 1 unspecified atom stereocenters. The van der Waals surface area contributed by atoms with Crippen LogP contribution in [0, 0.1) is 0 Å². The van der Waals surface area contributed by atoms with Crippen LogP contribution in [-0.2, 0) is 0 Å². The van der Waals surface area contributed by atoms with E-state index in [9.17, 15) is 0 Å². The Bertz CT molecular complexity index is 434. The Hall–Kier alpha value is -0.600. The normalized spacial score (nSPS) is 12.4. The van der Waals surface area contributed by atoms with E-state index < -0.39 is 0 Å². The summed E-state index contributed by atoms with van der Waals surface area (Å²) >= 11 is 7.06. The molecule has 2 aromatic carbocycles. The van der Waals surface area contributed by atoms with Gasteiger partial charge in [-0.15, -0.1) is 0 Å². The molecule has 0 spiro atoms. The van der Waals surface area contributed by atoms with Crippen molar-refractivity contribution in [3.63, 3.8) is 0 Å². The minimum absolute atomic E-state index is 0.425. The van der Waals surface area contributed by atoms with Gasteiger partial charge in [0.25, 0.3) is 0 Å². The zero-order valence-electron chi connectivity index (χ0n) is 8.74. The van der Waals surface area contributed by atoms with E-state index >= 15 is 0 Å². The SMILES string of the molecule is BrCC(c1ccccc1)c1ccc(Br)cc1. The molecular weight excluding hydrogens is 328 g/mol. The molecule has 0 N–H and O–H groups in total. The minimum Gasteiger partial charge on any atom is -0.0918 e. The molecule has 0 fully saturated rings. The minimum atomic E-state index is 0.425. The summed E-state index contributed by atoms with van der Waals surface area (Å²) in [5.74, 6) is 0.425. The van der Waals surface area contributed by atoms with Gasteiger partial charge in [0.2, 0.25) is 0 Å². The van der Waals surface area contributed by atoms with Crippen LogP contribution in [0.3, 0.4) is 0 Å². The average Bonchev–Trinajstić information content (AvgIpc) is 2.34. The molecule has 0 radical (unpaired) electrons. The topological polar surface area (TPSA) is 0 Å². The van der Waals surface area contributed by atoms with Gasteiger partial charge in [0.1, 0.15) is 0 Å². The summed E-state index contributed by atoms with van der Waals surface area (Å²) in [7, 11) is 0. The zero-order chi connectivity index (χ0) is 11.4. The standard InChI is InChI=1S/C14H12Br2/c15-10-14(11-4-2-1-3-5-11)12-6-8-13(16)9-7-12/h1-9,14H,10H2. The maximum atomic E-state index is 3.60. The van der Waals surface area contributed by atoms with Crippen molar-refractivity contribution >= 4 is 31.9 Å². The molecule has 0 aliphatic rings. The lowest BCUT2D eigenvalue weighted by Gasteiger charge is -2.15. The van der Waals surface area contributed by atoms with Crippen LogP contribution in [0.5, 0.6) is 0 Å². The highest BCUT2D eigenvalue weighted by Gasteiger charge is 2.11. The van der Waals surface area contributed by atoms with Gasteiger partial charge in [0.05, 0.1) is 0 Å². The molecule has 82 valence electrons. The third kappa shape index (κ3) is 2.74. The van der Waals surface area contributed by atoms with Gasteiger partial charge in [-0.3, -0.25) is 0 Å². The maximum absolute atomic E-state index is 3.60. The highest BCUT2D eigenvalue weighted by Crippen LogP contribution is 2.27. The van der Waals surface area contributed by atoms with Crippen molar-refractivity contribution in [2.45, 2.75) is 5.92 Å². The molecule has 0 saturated heterocycles. The van der Waals surface area contributed by atoms with E-state index in [1.165, 1.54) is 11.1 Å². The fraction of sp³-hybridized carbons (Fsp3) is 0.143. The van der Waals surface area contributed by atoms with Gasteiger partial charge in [0, 0.05) is 15.7 Å². The largest absolute Gasteiger partial charge is 0.0918 e. The van der Waals surface area contributed by atoms with Gasteiger partial charge in [-0.2, -0.15) is 0 Å². The lowest BCUT2D eigenvalue weighted by molar-refractivity contribution is 0.944. The summed E-state index contributed by atoms with van der Waals surface area (Å²) in [6.45, 7) is 0. The maximum Gasteiger partial charge on any atom is 0.0186 e. The third-order valence-corrected chi connectivity index (χ3v) is 3.80. The highest BCUT2D eigenvalue weighted by molar-refractivity contribution is 9.10. The number of hydrogen-bond donors (Lipinski definition) is 0. The van der Waals surface area contributed by atoms with E-state index in [0.717, 1.165) is 9.80 Å². The first-order valence-electron chi connectivity index (χ1n) is 5.17. The van der Waals surface area contributed by atoms with Crippen molar-refractivity contribution < 1.29 is 0 Å². The van der Waals surface area contributed by atoms with Gasteiger partial charge in [0.15, 0.2) is 0 Å². The van der Waals surface area contributed by atoms with Gasteiger partial charge < -0.3 is 0 Å². The van der Waals surface area contributed by atoms with Crippen LogP contribution in [0.2, 0.25) is 0 Å². The van der Waals surface area contributed by atoms with Gasteiger partial charge in [-0.25, -0.2) is 0 Å². The Morgan fingerprint density at radius 3 is 1.94 bits per heavy atom. The number of halogens is 2. The van der Waals surface area contributed by atoms with Crippen molar-refractivity contribution in [1.82, 2.24) is 0 Å². The van der Waals surface area contributed by atoms with Crippen LogP contribution >= 0.6 is 31.9 Å². The van der Waals surface area contributed by atoms with Gasteiger partial charge >= 0.3 is 0 Å². The molecular formula is C14H12Br2. The highest BCUT2D eigenvalue weighted by atomic mass is 79.9. The van der Waals surface area contributed by atoms with Crippen molar-refractivity contribution in [2.24, 2.45) is 0 Å². The van der Waals surface area contributed by atoms with Crippen LogP contribution in [0.1, 0.15) is 17.0 Å². The Morgan fingerprint density at radius 2 is 1.38 bits per heavy atom. The van der Waals surface area contributed by atoms with Crippen LogP contribution in [0.15, 0.2) is 59.1 Å². The van der Waals surface area contributed by atoms with Gasteiger partial charge in [-0.1, -0.05) is 74.3 Å². The Balaban J connectivity index is 2.33. The van der Waals surface area contributed by atoms with Crippen molar-refractivity contribution in [3.05, 3.63) is 70.2 Å². The van der Waals surface area contributed by atoms with Crippen LogP contribution in [-0.4, -0.2) is 5.33 Å². The fourth-order valence-corrected chi connectivity index (χ4v) is 2.76. The van der Waals surface area contributed by atoms with Crippen molar-refractivity contribution in [3.8, 4) is 0 Å². The second-order valence-electron chi connectivity index (χ2n) is 3.67. The molecule has 0 heterocycles. The van der Waals surface area contributed by atoms with E-state index in [-0.39, 0.29) is 0 Å². The zero-order valence-corrected chi connectivity index (χ0v) is 11.9. The fourth-order valence-electron chi connectivity index (χ4n) is 1.75. The van der Waals surface area contributed by atoms with E-state index in [2.05, 4.69) is 86.5 Å². The number of hydrogen-bond acceptors (Lipinski definition) is 0. The predicted octanol–water partition coefficient (Wildman–Crippen LogP) is 4.98. The third-order valence-electron chi connectivity index (χ3n) is 2.63. The van der Waals surface area contributed by atoms with Crippen LogP contribution < -0.4 is 0 Å². The first-order chi connectivity index (χ1) is 7.81. The average molecular weight is 340 g/mol. The molecule has 0 bridgehead atoms. The molecule has 0 aliphatic heterocycles. The molecule has 0 nitrogen and oxygen atoms in total. The van der Waals surface area contributed by atoms with Crippen LogP contribution in [0.4, 0.5) is 0 Å². The van der Waals surface area contributed by atoms with E-state index in [0.29, 0.717) is 5.92 Å². The first kappa shape index (κ1) is 11.9. The smallest absolute Gasteiger partial charge is 0.0186 e. The summed E-state index contributed by atoms with van der Waals surface area (Å²) in [4.78, 5) is 0. The van der Waals surface area contributed by atoms with Crippen molar-refractivity contribution in [2.75, 3.05) is 5.33 Å². The first-order valence-corrected chi connectivity index (χ1v) is 7.09. The molecule has 2 rings (SSSR count). The monoisotopic (exact) mass is 338 g/mol. The van der Waals surface area contributed by atoms with Crippen LogP contribution in [0.25, 0.3) is 0 Å². The molecule has 0 amide bonds. The summed E-state index contributed by atoms with van der Waals surface area (Å²) < 4.78 is 1.12.